The molecular formula is C22H16F5NO. The number of hydrogen-bond acceptors (Lipinski definition) is 2. The largest absolute Gasteiger partial charge is 0.416 e. The van der Waals surface area contributed by atoms with Crippen molar-refractivity contribution in [2.24, 2.45) is 0 Å². The highest BCUT2D eigenvalue weighted by Crippen LogP contribution is 2.34. The highest BCUT2D eigenvalue weighted by molar-refractivity contribution is 5.96. The quantitative estimate of drug-likeness (QED) is 0.380. The van der Waals surface area contributed by atoms with E-state index >= 15 is 0 Å². The molecule has 150 valence electrons. The second-order valence-corrected chi connectivity index (χ2v) is 6.65. The smallest absolute Gasteiger partial charge is 0.294 e. The summed E-state index contributed by atoms with van der Waals surface area (Å²) in [4.78, 5) is 16.8. The molecule has 0 saturated carbocycles. The lowest BCUT2D eigenvalue weighted by molar-refractivity contribution is -0.137. The molecule has 0 N–H and O–H groups in total. The van der Waals surface area contributed by atoms with E-state index in [4.69, 9.17) is 0 Å². The lowest BCUT2D eigenvalue weighted by Gasteiger charge is -2.19. The van der Waals surface area contributed by atoms with Crippen LogP contribution >= 0.6 is 0 Å². The molecule has 0 radical (unpaired) electrons. The molecule has 0 saturated heterocycles. The molecule has 0 fully saturated rings. The predicted molar refractivity (Wildman–Crippen MR) is 97.6 cm³/mol. The Kier molecular flexibility index (Phi) is 5.77. The number of benzene rings is 2. The minimum Gasteiger partial charge on any atom is -0.294 e. The average Bonchev–Trinajstić information content (AvgIpc) is 2.66. The summed E-state index contributed by atoms with van der Waals surface area (Å²) in [6, 6.07) is 10.2. The molecule has 0 bridgehead atoms. The van der Waals surface area contributed by atoms with E-state index in [1.54, 1.807) is 13.0 Å². The number of alkyl halides is 3. The third-order valence-electron chi connectivity index (χ3n) is 4.59. The van der Waals surface area contributed by atoms with Crippen LogP contribution in [0.2, 0.25) is 0 Å². The summed E-state index contributed by atoms with van der Waals surface area (Å²) in [7, 11) is 0. The minimum absolute atomic E-state index is 0.0327. The van der Waals surface area contributed by atoms with Crippen molar-refractivity contribution in [3.05, 3.63) is 100 Å². The Bertz CT molecular complexity index is 1030. The molecule has 3 rings (SSSR count). The van der Waals surface area contributed by atoms with Crippen molar-refractivity contribution in [1.82, 2.24) is 4.98 Å². The second-order valence-electron chi connectivity index (χ2n) is 6.65. The van der Waals surface area contributed by atoms with Crippen LogP contribution in [0.25, 0.3) is 0 Å². The molecule has 2 aromatic carbocycles. The fourth-order valence-electron chi connectivity index (χ4n) is 3.12. The van der Waals surface area contributed by atoms with Gasteiger partial charge in [-0.1, -0.05) is 18.2 Å². The van der Waals surface area contributed by atoms with E-state index in [0.717, 1.165) is 18.2 Å². The van der Waals surface area contributed by atoms with Gasteiger partial charge < -0.3 is 0 Å². The van der Waals surface area contributed by atoms with Gasteiger partial charge in [0.1, 0.15) is 11.6 Å². The first kappa shape index (κ1) is 20.6. The monoisotopic (exact) mass is 405 g/mol. The Morgan fingerprint density at radius 3 is 2.28 bits per heavy atom. The van der Waals surface area contributed by atoms with Crippen molar-refractivity contribution in [2.75, 3.05) is 0 Å². The number of pyridine rings is 1. The molecule has 2 nitrogen and oxygen atoms in total. The van der Waals surface area contributed by atoms with E-state index in [1.807, 2.05) is 0 Å². The number of ketones is 1. The van der Waals surface area contributed by atoms with Crippen LogP contribution in [-0.4, -0.2) is 10.8 Å². The molecule has 1 atom stereocenters. The summed E-state index contributed by atoms with van der Waals surface area (Å²) < 4.78 is 66.3. The molecule has 0 spiro atoms. The molecule has 0 aliphatic rings. The van der Waals surface area contributed by atoms with Gasteiger partial charge in [-0.15, -0.1) is 0 Å². The Labute approximate surface area is 164 Å². The van der Waals surface area contributed by atoms with E-state index in [1.165, 1.54) is 30.5 Å². The van der Waals surface area contributed by atoms with Crippen molar-refractivity contribution in [1.29, 1.82) is 0 Å². The summed E-state index contributed by atoms with van der Waals surface area (Å²) in [6.07, 6.45) is -3.24. The van der Waals surface area contributed by atoms with Crippen molar-refractivity contribution in [3.8, 4) is 0 Å². The molecule has 1 aromatic heterocycles. The third kappa shape index (κ3) is 4.85. The maximum absolute atomic E-state index is 14.4. The van der Waals surface area contributed by atoms with Crippen LogP contribution in [0.5, 0.6) is 0 Å². The molecule has 0 aliphatic carbocycles. The van der Waals surface area contributed by atoms with Gasteiger partial charge in [0.15, 0.2) is 5.78 Å². The van der Waals surface area contributed by atoms with Gasteiger partial charge in [-0.25, -0.2) is 8.78 Å². The summed E-state index contributed by atoms with van der Waals surface area (Å²) in [6.45, 7) is 1.71. The summed E-state index contributed by atoms with van der Waals surface area (Å²) in [5.74, 6) is -2.86. The van der Waals surface area contributed by atoms with Crippen molar-refractivity contribution < 1.29 is 26.7 Å². The topological polar surface area (TPSA) is 30.0 Å². The van der Waals surface area contributed by atoms with Crippen LogP contribution in [0.4, 0.5) is 22.0 Å². The van der Waals surface area contributed by atoms with Gasteiger partial charge in [-0.2, -0.15) is 13.2 Å². The van der Waals surface area contributed by atoms with Gasteiger partial charge in [-0.05, 0) is 48.4 Å². The first-order valence-electron chi connectivity index (χ1n) is 8.73. The maximum atomic E-state index is 14.4. The normalized spacial score (nSPS) is 12.6. The van der Waals surface area contributed by atoms with Crippen LogP contribution < -0.4 is 0 Å². The average molecular weight is 405 g/mol. The van der Waals surface area contributed by atoms with E-state index in [9.17, 15) is 26.7 Å². The Morgan fingerprint density at radius 1 is 1.00 bits per heavy atom. The van der Waals surface area contributed by atoms with Gasteiger partial charge in [-0.3, -0.25) is 9.78 Å². The molecule has 3 aromatic rings. The molecule has 29 heavy (non-hydrogen) atoms. The number of aryl methyl sites for hydroxylation is 1. The highest BCUT2D eigenvalue weighted by Gasteiger charge is 2.31. The molecule has 0 aliphatic heterocycles. The van der Waals surface area contributed by atoms with Crippen LogP contribution in [0, 0.1) is 18.6 Å². The number of aromatic nitrogens is 1. The van der Waals surface area contributed by atoms with Crippen molar-refractivity contribution in [3.63, 3.8) is 0 Å². The van der Waals surface area contributed by atoms with Gasteiger partial charge >= 0.3 is 6.18 Å². The number of hydrogen-bond donors (Lipinski definition) is 0. The zero-order valence-electron chi connectivity index (χ0n) is 15.3. The fourth-order valence-corrected chi connectivity index (χ4v) is 3.12. The van der Waals surface area contributed by atoms with Crippen LogP contribution in [0.3, 0.4) is 0 Å². The SMILES string of the molecule is Cc1cc(C(=O)CC(c2ccc(C(F)(F)F)cc2)c2ccc(F)cc2F)ccn1. The molecule has 7 heteroatoms. The molecule has 1 heterocycles. The number of carbonyl (C=O) groups is 1. The van der Waals surface area contributed by atoms with E-state index < -0.39 is 29.3 Å². The Morgan fingerprint density at radius 2 is 1.69 bits per heavy atom. The van der Waals surface area contributed by atoms with E-state index in [2.05, 4.69) is 4.98 Å². The number of rotatable bonds is 5. The number of nitrogens with zero attached hydrogens (tertiary/aromatic N) is 1. The maximum Gasteiger partial charge on any atom is 0.416 e. The van der Waals surface area contributed by atoms with Crippen LogP contribution in [-0.2, 0) is 6.18 Å². The van der Waals surface area contributed by atoms with Crippen LogP contribution in [0.1, 0.15) is 45.1 Å². The van der Waals surface area contributed by atoms with Gasteiger partial charge in [0.25, 0.3) is 0 Å². The summed E-state index contributed by atoms with van der Waals surface area (Å²) in [5, 5.41) is 0. The first-order valence-corrected chi connectivity index (χ1v) is 8.73. The molecule has 1 unspecified atom stereocenters. The lowest BCUT2D eigenvalue weighted by Crippen LogP contribution is -2.12. The van der Waals surface area contributed by atoms with E-state index in [-0.39, 0.29) is 17.8 Å². The highest BCUT2D eigenvalue weighted by atomic mass is 19.4. The second kappa shape index (κ2) is 8.11. The van der Waals surface area contributed by atoms with E-state index in [0.29, 0.717) is 22.9 Å². The zero-order valence-corrected chi connectivity index (χ0v) is 15.3. The minimum atomic E-state index is -4.51. The Balaban J connectivity index is 2.01. The van der Waals surface area contributed by atoms with Crippen molar-refractivity contribution in [2.45, 2.75) is 25.4 Å². The van der Waals surface area contributed by atoms with Crippen LogP contribution in [0.15, 0.2) is 60.8 Å². The fraction of sp³-hybridized carbons (Fsp3) is 0.182. The summed E-state index contributed by atoms with van der Waals surface area (Å²) in [5.41, 5.74) is 0.482. The predicted octanol–water partition coefficient (Wildman–Crippen LogP) is 6.09. The summed E-state index contributed by atoms with van der Waals surface area (Å²) >= 11 is 0. The van der Waals surface area contributed by atoms with Gasteiger partial charge in [0.05, 0.1) is 5.56 Å². The Hall–Kier alpha value is -3.09. The lowest BCUT2D eigenvalue weighted by atomic mass is 9.85. The number of Topliss-reactive ketones (excluding diaryl/α,β-unsaturated/α-hetero) is 1. The van der Waals surface area contributed by atoms with Gasteiger partial charge in [0.2, 0.25) is 0 Å². The molecular weight excluding hydrogens is 389 g/mol. The third-order valence-corrected chi connectivity index (χ3v) is 4.59. The zero-order chi connectivity index (χ0) is 21.2. The number of carbonyl (C=O) groups excluding carboxylic acids is 1. The first-order chi connectivity index (χ1) is 13.6. The van der Waals surface area contributed by atoms with Crippen molar-refractivity contribution >= 4 is 5.78 Å². The standard InChI is InChI=1S/C22H16F5NO/c1-13-10-15(8-9-28-13)21(29)12-19(18-7-6-17(23)11-20(18)24)14-2-4-16(5-3-14)22(25,26)27/h2-11,19H,12H2,1H3. The number of halogens is 5. The van der Waals surface area contributed by atoms with Gasteiger partial charge in [0, 0.05) is 35.9 Å². The molecule has 0 amide bonds.